The number of anilines is 3. The van der Waals surface area contributed by atoms with Crippen LogP contribution in [0.25, 0.3) is 0 Å². The van der Waals surface area contributed by atoms with Crippen LogP contribution in [0.15, 0.2) is 53.2 Å². The van der Waals surface area contributed by atoms with Crippen LogP contribution in [-0.2, 0) is 6.18 Å². The van der Waals surface area contributed by atoms with E-state index in [1.165, 1.54) is 24.4 Å². The van der Waals surface area contributed by atoms with Crippen LogP contribution in [0.1, 0.15) is 21.8 Å². The molecule has 1 aromatic carbocycles. The van der Waals surface area contributed by atoms with Crippen molar-refractivity contribution in [2.45, 2.75) is 13.1 Å². The highest BCUT2D eigenvalue weighted by molar-refractivity contribution is 6.02. The molecule has 9 heteroatoms. The summed E-state index contributed by atoms with van der Waals surface area (Å²) >= 11 is 0. The molecule has 0 aliphatic heterocycles. The molecule has 3 rings (SSSR count). The molecule has 0 aliphatic carbocycles. The van der Waals surface area contributed by atoms with E-state index in [-0.39, 0.29) is 11.5 Å². The van der Waals surface area contributed by atoms with Gasteiger partial charge in [0.1, 0.15) is 11.5 Å². The van der Waals surface area contributed by atoms with Gasteiger partial charge < -0.3 is 15.2 Å². The van der Waals surface area contributed by atoms with Crippen LogP contribution in [0, 0.1) is 6.92 Å². The molecular weight excluding hydrogens is 349 g/mol. The minimum Gasteiger partial charge on any atom is -0.360 e. The predicted molar refractivity (Wildman–Crippen MR) is 88.2 cm³/mol. The van der Waals surface area contributed by atoms with E-state index in [0.717, 1.165) is 12.1 Å². The highest BCUT2D eigenvalue weighted by Gasteiger charge is 2.29. The molecule has 0 radical (unpaired) electrons. The van der Waals surface area contributed by atoms with Crippen molar-refractivity contribution in [1.82, 2.24) is 10.1 Å². The van der Waals surface area contributed by atoms with Crippen LogP contribution in [0.5, 0.6) is 0 Å². The lowest BCUT2D eigenvalue weighted by molar-refractivity contribution is -0.137. The third-order valence-electron chi connectivity index (χ3n) is 3.36. The summed E-state index contributed by atoms with van der Waals surface area (Å²) in [6, 6.07) is 9.19. The number of hydrogen-bond donors (Lipinski definition) is 2. The number of aromatic nitrogens is 2. The Kier molecular flexibility index (Phi) is 4.61. The summed E-state index contributed by atoms with van der Waals surface area (Å²) in [5.41, 5.74) is 0.326. The molecule has 0 saturated carbocycles. The van der Waals surface area contributed by atoms with Gasteiger partial charge in [0.25, 0.3) is 5.91 Å². The molecule has 0 unspecified atom stereocenters. The SMILES string of the molecule is Cc1cc(NC(=O)c2cc(Nc3ccc(C(F)(F)F)cc3)ccn2)no1. The monoisotopic (exact) mass is 362 g/mol. The number of benzene rings is 1. The van der Waals surface area contributed by atoms with Crippen molar-refractivity contribution in [1.29, 1.82) is 0 Å². The lowest BCUT2D eigenvalue weighted by Gasteiger charge is -2.10. The lowest BCUT2D eigenvalue weighted by atomic mass is 10.2. The van der Waals surface area contributed by atoms with Crippen molar-refractivity contribution < 1.29 is 22.5 Å². The zero-order chi connectivity index (χ0) is 18.7. The van der Waals surface area contributed by atoms with E-state index in [1.807, 2.05) is 0 Å². The maximum Gasteiger partial charge on any atom is 0.416 e. The average Bonchev–Trinajstić information content (AvgIpc) is 2.99. The normalized spacial score (nSPS) is 11.2. The molecule has 0 saturated heterocycles. The summed E-state index contributed by atoms with van der Waals surface area (Å²) in [5, 5.41) is 9.12. The van der Waals surface area contributed by atoms with E-state index in [0.29, 0.717) is 17.1 Å². The van der Waals surface area contributed by atoms with E-state index < -0.39 is 17.6 Å². The minimum absolute atomic E-state index is 0.113. The molecular formula is C17H13F3N4O2. The van der Waals surface area contributed by atoms with Crippen molar-refractivity contribution in [3.05, 3.63) is 65.7 Å². The fraction of sp³-hybridized carbons (Fsp3) is 0.118. The first-order valence-electron chi connectivity index (χ1n) is 7.46. The largest absolute Gasteiger partial charge is 0.416 e. The molecule has 2 heterocycles. The highest BCUT2D eigenvalue weighted by Crippen LogP contribution is 2.30. The van der Waals surface area contributed by atoms with Crippen LogP contribution in [-0.4, -0.2) is 16.0 Å². The first-order chi connectivity index (χ1) is 12.3. The maximum absolute atomic E-state index is 12.6. The second-order valence-corrected chi connectivity index (χ2v) is 5.41. The topological polar surface area (TPSA) is 80.0 Å². The van der Waals surface area contributed by atoms with Gasteiger partial charge in [0.15, 0.2) is 5.82 Å². The molecule has 0 aliphatic rings. The summed E-state index contributed by atoms with van der Waals surface area (Å²) in [6.07, 6.45) is -2.98. The van der Waals surface area contributed by atoms with Gasteiger partial charge in [0, 0.05) is 23.6 Å². The number of hydrogen-bond acceptors (Lipinski definition) is 5. The minimum atomic E-state index is -4.39. The average molecular weight is 362 g/mol. The van der Waals surface area contributed by atoms with Gasteiger partial charge in [-0.1, -0.05) is 5.16 Å². The molecule has 1 amide bonds. The van der Waals surface area contributed by atoms with Gasteiger partial charge in [0.2, 0.25) is 0 Å². The summed E-state index contributed by atoms with van der Waals surface area (Å²) in [4.78, 5) is 16.1. The molecule has 2 aromatic heterocycles. The van der Waals surface area contributed by atoms with Crippen molar-refractivity contribution in [2.75, 3.05) is 10.6 Å². The third kappa shape index (κ3) is 4.18. The Balaban J connectivity index is 1.72. The van der Waals surface area contributed by atoms with E-state index >= 15 is 0 Å². The second-order valence-electron chi connectivity index (χ2n) is 5.41. The molecule has 0 atom stereocenters. The van der Waals surface area contributed by atoms with Gasteiger partial charge in [-0.2, -0.15) is 13.2 Å². The Morgan fingerprint density at radius 2 is 1.81 bits per heavy atom. The molecule has 26 heavy (non-hydrogen) atoms. The zero-order valence-corrected chi connectivity index (χ0v) is 13.5. The van der Waals surface area contributed by atoms with Crippen molar-refractivity contribution >= 4 is 23.1 Å². The highest BCUT2D eigenvalue weighted by atomic mass is 19.4. The Hall–Kier alpha value is -3.36. The fourth-order valence-electron chi connectivity index (χ4n) is 2.15. The number of carbonyl (C=O) groups is 1. The number of amides is 1. The van der Waals surface area contributed by atoms with Gasteiger partial charge in [-0.25, -0.2) is 0 Å². The summed E-state index contributed by atoms with van der Waals surface area (Å²) in [7, 11) is 0. The Bertz CT molecular complexity index is 920. The van der Waals surface area contributed by atoms with Gasteiger partial charge in [-0.05, 0) is 43.3 Å². The van der Waals surface area contributed by atoms with Gasteiger partial charge in [0.05, 0.1) is 5.56 Å². The van der Waals surface area contributed by atoms with Crippen LogP contribution >= 0.6 is 0 Å². The molecule has 134 valence electrons. The summed E-state index contributed by atoms with van der Waals surface area (Å²) < 4.78 is 42.6. The number of halogens is 3. The number of rotatable bonds is 4. The molecule has 6 nitrogen and oxygen atoms in total. The summed E-state index contributed by atoms with van der Waals surface area (Å²) in [5.74, 6) is 0.316. The second kappa shape index (κ2) is 6.87. The van der Waals surface area contributed by atoms with Crippen molar-refractivity contribution in [3.8, 4) is 0 Å². The quantitative estimate of drug-likeness (QED) is 0.719. The van der Waals surface area contributed by atoms with E-state index in [4.69, 9.17) is 4.52 Å². The Morgan fingerprint density at radius 1 is 1.08 bits per heavy atom. The van der Waals surface area contributed by atoms with E-state index in [9.17, 15) is 18.0 Å². The molecule has 2 N–H and O–H groups in total. The number of alkyl halides is 3. The molecule has 3 aromatic rings. The Morgan fingerprint density at radius 3 is 2.42 bits per heavy atom. The van der Waals surface area contributed by atoms with Crippen molar-refractivity contribution in [3.63, 3.8) is 0 Å². The van der Waals surface area contributed by atoms with Crippen LogP contribution in [0.4, 0.5) is 30.4 Å². The predicted octanol–water partition coefficient (Wildman–Crippen LogP) is 4.39. The number of nitrogens with zero attached hydrogens (tertiary/aromatic N) is 2. The third-order valence-corrected chi connectivity index (χ3v) is 3.36. The lowest BCUT2D eigenvalue weighted by Crippen LogP contribution is -2.14. The standard InChI is InChI=1S/C17H13F3N4O2/c1-10-8-15(24-26-10)23-16(25)14-9-13(6-7-21-14)22-12-4-2-11(3-5-12)17(18,19)20/h2-9H,1H3,(H,21,22)(H,23,24,25). The maximum atomic E-state index is 12.6. The molecule has 0 spiro atoms. The fourth-order valence-corrected chi connectivity index (χ4v) is 2.15. The smallest absolute Gasteiger partial charge is 0.360 e. The number of pyridine rings is 1. The molecule has 0 bridgehead atoms. The molecule has 0 fully saturated rings. The number of aryl methyl sites for hydroxylation is 1. The Labute approximate surface area is 146 Å². The first-order valence-corrected chi connectivity index (χ1v) is 7.46. The van der Waals surface area contributed by atoms with Gasteiger partial charge in [-0.15, -0.1) is 0 Å². The van der Waals surface area contributed by atoms with Gasteiger partial charge >= 0.3 is 6.18 Å². The van der Waals surface area contributed by atoms with Crippen molar-refractivity contribution in [2.24, 2.45) is 0 Å². The number of nitrogens with one attached hydrogen (secondary N) is 2. The van der Waals surface area contributed by atoms with E-state index in [2.05, 4.69) is 20.8 Å². The first kappa shape index (κ1) is 17.5. The van der Waals surface area contributed by atoms with Crippen LogP contribution in [0.2, 0.25) is 0 Å². The van der Waals surface area contributed by atoms with Crippen LogP contribution in [0.3, 0.4) is 0 Å². The van der Waals surface area contributed by atoms with E-state index in [1.54, 1.807) is 19.1 Å². The summed E-state index contributed by atoms with van der Waals surface area (Å²) in [6.45, 7) is 1.69. The zero-order valence-electron chi connectivity index (χ0n) is 13.5. The number of carbonyl (C=O) groups excluding carboxylic acids is 1. The van der Waals surface area contributed by atoms with Gasteiger partial charge in [-0.3, -0.25) is 9.78 Å². The van der Waals surface area contributed by atoms with Crippen LogP contribution < -0.4 is 10.6 Å².